The zero-order valence-corrected chi connectivity index (χ0v) is 21.2. The average Bonchev–Trinajstić information content (AvgIpc) is 3.35. The van der Waals surface area contributed by atoms with Crippen molar-refractivity contribution in [2.24, 2.45) is 0 Å². The number of anilines is 1. The van der Waals surface area contributed by atoms with Gasteiger partial charge < -0.3 is 14.2 Å². The summed E-state index contributed by atoms with van der Waals surface area (Å²) >= 11 is 2.41. The summed E-state index contributed by atoms with van der Waals surface area (Å²) in [5.74, 6) is 1.78. The Morgan fingerprint density at radius 2 is 1.97 bits per heavy atom. The Labute approximate surface area is 200 Å². The molecule has 32 heavy (non-hydrogen) atoms. The van der Waals surface area contributed by atoms with Crippen molar-refractivity contribution in [3.8, 4) is 5.75 Å². The van der Waals surface area contributed by atoms with E-state index in [1.165, 1.54) is 0 Å². The largest absolute Gasteiger partial charge is 0.598 e. The number of nitrogens with zero attached hydrogens (tertiary/aromatic N) is 4. The molecular formula is C23H28BrN5O2S. The fourth-order valence-electron chi connectivity index (χ4n) is 4.57. The molecule has 0 saturated carbocycles. The number of piperidine rings is 1. The number of imidazole rings is 1. The zero-order chi connectivity index (χ0) is 22.7. The van der Waals surface area contributed by atoms with Crippen molar-refractivity contribution in [2.45, 2.75) is 56.9 Å². The van der Waals surface area contributed by atoms with Gasteiger partial charge >= 0.3 is 0 Å². The van der Waals surface area contributed by atoms with Crippen LogP contribution in [0.4, 0.5) is 5.95 Å². The summed E-state index contributed by atoms with van der Waals surface area (Å²) in [5.41, 5.74) is 2.45. The Balaban J connectivity index is 1.44. The predicted molar refractivity (Wildman–Crippen MR) is 130 cm³/mol. The highest BCUT2D eigenvalue weighted by molar-refractivity contribution is 9.10. The van der Waals surface area contributed by atoms with Gasteiger partial charge in [-0.2, -0.15) is 0 Å². The molecule has 0 bridgehead atoms. The Bertz CT molecular complexity index is 1150. The monoisotopic (exact) mass is 517 g/mol. The van der Waals surface area contributed by atoms with Gasteiger partial charge in [0, 0.05) is 55.3 Å². The Morgan fingerprint density at radius 1 is 1.25 bits per heavy atom. The lowest BCUT2D eigenvalue weighted by Crippen LogP contribution is -2.55. The minimum absolute atomic E-state index is 0.117. The third-order valence-corrected chi connectivity index (χ3v) is 8.87. The van der Waals surface area contributed by atoms with Crippen molar-refractivity contribution < 1.29 is 9.29 Å². The summed E-state index contributed by atoms with van der Waals surface area (Å²) in [4.78, 5) is 11.6. The second-order valence-electron chi connectivity index (χ2n) is 9.56. The fraction of sp³-hybridized carbons (Fsp3) is 0.478. The van der Waals surface area contributed by atoms with Crippen LogP contribution in [0.25, 0.3) is 5.65 Å². The number of hydrogen-bond donors (Lipinski definition) is 1. The summed E-state index contributed by atoms with van der Waals surface area (Å²) in [7, 11) is 0. The minimum atomic E-state index is -1.20. The molecule has 7 nitrogen and oxygen atoms in total. The average molecular weight is 518 g/mol. The van der Waals surface area contributed by atoms with Crippen LogP contribution in [0.15, 0.2) is 41.1 Å². The van der Waals surface area contributed by atoms with E-state index < -0.39 is 17.0 Å². The maximum atomic E-state index is 13.0. The molecule has 2 aliphatic heterocycles. The molecule has 2 atom stereocenters. The normalized spacial score (nSPS) is 21.1. The van der Waals surface area contributed by atoms with E-state index >= 15 is 0 Å². The number of halogens is 1. The molecule has 170 valence electrons. The molecule has 1 spiro atoms. The number of rotatable bonds is 3. The topological polar surface area (TPSA) is 77.8 Å². The molecule has 0 radical (unpaired) electrons. The van der Waals surface area contributed by atoms with E-state index in [0.29, 0.717) is 0 Å². The highest BCUT2D eigenvalue weighted by Crippen LogP contribution is 2.49. The lowest BCUT2D eigenvalue weighted by molar-refractivity contribution is 0.0377. The van der Waals surface area contributed by atoms with Crippen LogP contribution in [0.1, 0.15) is 50.9 Å². The second kappa shape index (κ2) is 7.90. The van der Waals surface area contributed by atoms with Gasteiger partial charge in [0.1, 0.15) is 22.1 Å². The zero-order valence-electron chi connectivity index (χ0n) is 18.8. The first kappa shape index (κ1) is 22.0. The lowest BCUT2D eigenvalue weighted by atomic mass is 9.83. The third-order valence-electron chi connectivity index (χ3n) is 6.38. The molecule has 4 heterocycles. The molecular weight excluding hydrogens is 490 g/mol. The fourth-order valence-corrected chi connectivity index (χ4v) is 5.86. The first-order chi connectivity index (χ1) is 15.2. The molecule has 1 N–H and O–H groups in total. The maximum Gasteiger partial charge on any atom is 0.211 e. The standard InChI is InChI=1S/C23H28BrN5O2S/c1-15-18(24)20-25-11-14-29(20)21(26-15)28-12-9-23(10-13-28)19(27-32(30)22(2,3)4)16-7-5-6-8-17(16)31-23/h5-8,11,14,19,27H,9-10,12-13H2,1-4H3/t19-,32-/m1/s1. The van der Waals surface area contributed by atoms with Crippen LogP contribution in [0.5, 0.6) is 5.75 Å². The van der Waals surface area contributed by atoms with Crippen LogP contribution in [0.2, 0.25) is 0 Å². The molecule has 2 aliphatic rings. The van der Waals surface area contributed by atoms with Gasteiger partial charge in [0.05, 0.1) is 10.2 Å². The van der Waals surface area contributed by atoms with Crippen molar-refractivity contribution in [1.29, 1.82) is 0 Å². The van der Waals surface area contributed by atoms with Gasteiger partial charge in [0.15, 0.2) is 5.65 Å². The van der Waals surface area contributed by atoms with Gasteiger partial charge in [-0.15, -0.1) is 4.72 Å². The van der Waals surface area contributed by atoms with Crippen molar-refractivity contribution >= 4 is 38.9 Å². The Morgan fingerprint density at radius 3 is 2.69 bits per heavy atom. The third kappa shape index (κ3) is 3.59. The van der Waals surface area contributed by atoms with Gasteiger partial charge in [-0.25, -0.2) is 9.97 Å². The summed E-state index contributed by atoms with van der Waals surface area (Å²) in [6.45, 7) is 9.54. The number of nitrogens with one attached hydrogen (secondary N) is 1. The molecule has 0 unspecified atom stereocenters. The number of ether oxygens (including phenoxy) is 1. The van der Waals surface area contributed by atoms with Crippen molar-refractivity contribution in [3.63, 3.8) is 0 Å². The number of para-hydroxylation sites is 1. The van der Waals surface area contributed by atoms with Crippen LogP contribution >= 0.6 is 15.9 Å². The van der Waals surface area contributed by atoms with E-state index in [4.69, 9.17) is 9.72 Å². The Hall–Kier alpha value is -1.81. The highest BCUT2D eigenvalue weighted by Gasteiger charge is 2.53. The quantitative estimate of drug-likeness (QED) is 0.521. The van der Waals surface area contributed by atoms with Crippen LogP contribution in [-0.2, 0) is 11.4 Å². The molecule has 1 aromatic carbocycles. The number of benzene rings is 1. The van der Waals surface area contributed by atoms with Gasteiger partial charge in [-0.3, -0.25) is 4.40 Å². The van der Waals surface area contributed by atoms with Gasteiger partial charge in [-0.05, 0) is 49.7 Å². The van der Waals surface area contributed by atoms with Gasteiger partial charge in [-0.1, -0.05) is 18.2 Å². The van der Waals surface area contributed by atoms with E-state index in [1.54, 1.807) is 6.20 Å². The van der Waals surface area contributed by atoms with E-state index in [1.807, 2.05) is 56.5 Å². The number of aromatic nitrogens is 3. The van der Waals surface area contributed by atoms with Crippen molar-refractivity contribution in [2.75, 3.05) is 18.0 Å². The van der Waals surface area contributed by atoms with Crippen LogP contribution in [-0.4, -0.2) is 42.4 Å². The smallest absolute Gasteiger partial charge is 0.211 e. The molecule has 9 heteroatoms. The molecule has 0 aliphatic carbocycles. The van der Waals surface area contributed by atoms with E-state index in [9.17, 15) is 4.55 Å². The van der Waals surface area contributed by atoms with Crippen LogP contribution in [0.3, 0.4) is 0 Å². The SMILES string of the molecule is Cc1nc(N2CCC3(CC2)Oc2ccccc2[C@H]3N[S@+]([O-])C(C)(C)C)n2ccnc2c1Br. The van der Waals surface area contributed by atoms with Crippen LogP contribution in [0, 0.1) is 6.92 Å². The van der Waals surface area contributed by atoms with E-state index in [2.05, 4.69) is 36.6 Å². The summed E-state index contributed by atoms with van der Waals surface area (Å²) in [5, 5.41) is 0. The van der Waals surface area contributed by atoms with E-state index in [0.717, 1.165) is 59.0 Å². The summed E-state index contributed by atoms with van der Waals surface area (Å²) < 4.78 is 25.6. The lowest BCUT2D eigenvalue weighted by Gasteiger charge is -2.43. The number of hydrogen-bond acceptors (Lipinski definition) is 6. The molecule has 5 rings (SSSR count). The minimum Gasteiger partial charge on any atom is -0.598 e. The van der Waals surface area contributed by atoms with Crippen LogP contribution < -0.4 is 14.4 Å². The number of fused-ring (bicyclic) bond motifs is 2. The number of aryl methyl sites for hydroxylation is 1. The predicted octanol–water partition coefficient (Wildman–Crippen LogP) is 4.32. The first-order valence-corrected chi connectivity index (χ1v) is 12.8. The molecule has 2 aromatic heterocycles. The summed E-state index contributed by atoms with van der Waals surface area (Å²) in [6.07, 6.45) is 5.35. The maximum absolute atomic E-state index is 13.0. The second-order valence-corrected chi connectivity index (χ2v) is 12.3. The summed E-state index contributed by atoms with van der Waals surface area (Å²) in [6, 6.07) is 8.00. The van der Waals surface area contributed by atoms with Gasteiger partial charge in [0.25, 0.3) is 0 Å². The van der Waals surface area contributed by atoms with Crippen molar-refractivity contribution in [3.05, 3.63) is 52.4 Å². The molecule has 0 amide bonds. The Kier molecular flexibility index (Phi) is 5.43. The van der Waals surface area contributed by atoms with E-state index in [-0.39, 0.29) is 10.8 Å². The van der Waals surface area contributed by atoms with Gasteiger partial charge in [0.2, 0.25) is 5.95 Å². The molecule has 1 saturated heterocycles. The highest BCUT2D eigenvalue weighted by atomic mass is 79.9. The first-order valence-electron chi connectivity index (χ1n) is 10.9. The van der Waals surface area contributed by atoms with Crippen molar-refractivity contribution in [1.82, 2.24) is 19.1 Å². The molecule has 3 aromatic rings. The molecule has 1 fully saturated rings.